The van der Waals surface area contributed by atoms with Crippen molar-refractivity contribution in [1.82, 2.24) is 5.32 Å². The molecule has 1 aromatic heterocycles. The Labute approximate surface area is 177 Å². The monoisotopic (exact) mass is 420 g/mol. The predicted octanol–water partition coefficient (Wildman–Crippen LogP) is 5.30. The van der Waals surface area contributed by atoms with Crippen molar-refractivity contribution >= 4 is 39.6 Å². The number of thiocarbonyl (C=S) groups is 1. The molecule has 0 spiro atoms. The van der Waals surface area contributed by atoms with E-state index in [1.54, 1.807) is 11.3 Å². The first-order chi connectivity index (χ1) is 13.3. The molecule has 0 saturated heterocycles. The summed E-state index contributed by atoms with van der Waals surface area (Å²) in [7, 11) is 1.43. The highest BCUT2D eigenvalue weighted by atomic mass is 32.1. The van der Waals surface area contributed by atoms with E-state index in [1.165, 1.54) is 45.6 Å². The first kappa shape index (κ1) is 20.1. The normalized spacial score (nSPS) is 31.5. The van der Waals surface area contributed by atoms with Gasteiger partial charge in [-0.25, -0.2) is 4.79 Å². The van der Waals surface area contributed by atoms with E-state index in [2.05, 4.69) is 31.4 Å². The number of rotatable bonds is 5. The van der Waals surface area contributed by atoms with Crippen LogP contribution < -0.4 is 10.6 Å². The van der Waals surface area contributed by atoms with Crippen molar-refractivity contribution in [2.45, 2.75) is 71.8 Å². The third-order valence-electron chi connectivity index (χ3n) is 7.53. The Morgan fingerprint density at radius 2 is 1.82 bits per heavy atom. The molecule has 0 aliphatic heterocycles. The molecule has 6 heteroatoms. The zero-order valence-corrected chi connectivity index (χ0v) is 19.0. The second-order valence-corrected chi connectivity index (χ2v) is 10.9. The Balaban J connectivity index is 1.47. The largest absolute Gasteiger partial charge is 0.465 e. The van der Waals surface area contributed by atoms with Gasteiger partial charge in [-0.2, -0.15) is 0 Å². The van der Waals surface area contributed by atoms with Crippen molar-refractivity contribution in [3.8, 4) is 0 Å². The second kappa shape index (κ2) is 7.60. The van der Waals surface area contributed by atoms with Crippen LogP contribution in [0.4, 0.5) is 5.00 Å². The summed E-state index contributed by atoms with van der Waals surface area (Å²) in [6.07, 6.45) is 9.20. The molecule has 2 N–H and O–H groups in total. The molecule has 1 aromatic rings. The standard InChI is InChI=1S/C22H32N2O2S2/c1-5-17-12(2)28-19(18(17)20(25)26-4)24-21(27)23-13(3)22-9-14-6-15(10-22)8-16(7-14)11-22/h13-16H,5-11H2,1-4H3,(H2,23,24,27). The number of methoxy groups -OCH3 is 1. The minimum Gasteiger partial charge on any atom is -0.465 e. The third kappa shape index (κ3) is 3.47. The Bertz CT molecular complexity index is 750. The average Bonchev–Trinajstić information content (AvgIpc) is 2.94. The highest BCUT2D eigenvalue weighted by Crippen LogP contribution is 2.61. The molecule has 1 atom stereocenters. The third-order valence-corrected chi connectivity index (χ3v) is 8.81. The van der Waals surface area contributed by atoms with Crippen LogP contribution in [-0.4, -0.2) is 24.2 Å². The van der Waals surface area contributed by atoms with Crippen molar-refractivity contribution in [2.24, 2.45) is 23.2 Å². The Morgan fingerprint density at radius 3 is 2.32 bits per heavy atom. The summed E-state index contributed by atoms with van der Waals surface area (Å²) in [5, 5.41) is 8.34. The van der Waals surface area contributed by atoms with Gasteiger partial charge >= 0.3 is 5.97 Å². The summed E-state index contributed by atoms with van der Waals surface area (Å²) in [5.41, 5.74) is 2.08. The number of nitrogens with one attached hydrogen (secondary N) is 2. The van der Waals surface area contributed by atoms with Crippen LogP contribution in [0.25, 0.3) is 0 Å². The number of hydrogen-bond acceptors (Lipinski definition) is 4. The highest BCUT2D eigenvalue weighted by Gasteiger charge is 2.53. The fraction of sp³-hybridized carbons (Fsp3) is 0.727. The number of carbonyl (C=O) groups is 1. The van der Waals surface area contributed by atoms with E-state index < -0.39 is 0 Å². The van der Waals surface area contributed by atoms with Crippen LogP contribution in [-0.2, 0) is 11.2 Å². The van der Waals surface area contributed by atoms with Crippen molar-refractivity contribution in [1.29, 1.82) is 0 Å². The number of esters is 1. The fourth-order valence-corrected chi connectivity index (χ4v) is 8.09. The lowest BCUT2D eigenvalue weighted by molar-refractivity contribution is -0.0671. The van der Waals surface area contributed by atoms with Crippen molar-refractivity contribution < 1.29 is 9.53 Å². The molecule has 1 unspecified atom stereocenters. The first-order valence-electron chi connectivity index (χ1n) is 10.6. The van der Waals surface area contributed by atoms with E-state index in [-0.39, 0.29) is 5.97 Å². The first-order valence-corrected chi connectivity index (χ1v) is 11.9. The van der Waals surface area contributed by atoms with Crippen molar-refractivity contribution in [3.05, 3.63) is 16.0 Å². The summed E-state index contributed by atoms with van der Waals surface area (Å²) in [4.78, 5) is 13.5. The van der Waals surface area contributed by atoms with Crippen LogP contribution >= 0.6 is 23.6 Å². The number of aryl methyl sites for hydroxylation is 1. The zero-order chi connectivity index (χ0) is 20.1. The van der Waals surface area contributed by atoms with Crippen LogP contribution in [0, 0.1) is 30.1 Å². The highest BCUT2D eigenvalue weighted by molar-refractivity contribution is 7.80. The van der Waals surface area contributed by atoms with Crippen molar-refractivity contribution in [3.63, 3.8) is 0 Å². The number of anilines is 1. The molecule has 4 fully saturated rings. The van der Waals surface area contributed by atoms with Gasteiger partial charge in [-0.05, 0) is 99.7 Å². The van der Waals surface area contributed by atoms with Gasteiger partial charge < -0.3 is 15.4 Å². The van der Waals surface area contributed by atoms with Gasteiger partial charge in [0.15, 0.2) is 5.11 Å². The van der Waals surface area contributed by atoms with Crippen LogP contribution in [0.5, 0.6) is 0 Å². The lowest BCUT2D eigenvalue weighted by Crippen LogP contribution is -2.56. The van der Waals surface area contributed by atoms with E-state index in [9.17, 15) is 4.79 Å². The minimum absolute atomic E-state index is 0.291. The van der Waals surface area contributed by atoms with Gasteiger partial charge in [0, 0.05) is 10.9 Å². The van der Waals surface area contributed by atoms with E-state index in [4.69, 9.17) is 17.0 Å². The Kier molecular flexibility index (Phi) is 5.47. The van der Waals surface area contributed by atoms with Crippen molar-refractivity contribution in [2.75, 3.05) is 12.4 Å². The SMILES string of the molecule is CCc1c(C)sc(NC(=S)NC(C)C23CC4CC(CC(C4)C2)C3)c1C(=O)OC. The van der Waals surface area contributed by atoms with Gasteiger partial charge in [0.2, 0.25) is 0 Å². The maximum Gasteiger partial charge on any atom is 0.341 e. The molecule has 154 valence electrons. The van der Waals surface area contributed by atoms with E-state index in [1.807, 2.05) is 0 Å². The maximum absolute atomic E-state index is 12.3. The number of ether oxygens (including phenoxy) is 1. The Morgan fingerprint density at radius 1 is 1.25 bits per heavy atom. The molecular formula is C22H32N2O2S2. The maximum atomic E-state index is 12.3. The van der Waals surface area contributed by atoms with E-state index in [0.717, 1.165) is 39.6 Å². The Hall–Kier alpha value is -1.14. The van der Waals surface area contributed by atoms with Gasteiger partial charge in [-0.1, -0.05) is 6.92 Å². The van der Waals surface area contributed by atoms with Gasteiger partial charge in [-0.15, -0.1) is 11.3 Å². The molecule has 5 rings (SSSR count). The van der Waals surface area contributed by atoms with Gasteiger partial charge in [0.25, 0.3) is 0 Å². The quantitative estimate of drug-likeness (QED) is 0.500. The summed E-state index contributed by atoms with van der Waals surface area (Å²) in [6, 6.07) is 0.356. The molecule has 4 saturated carbocycles. The molecule has 0 radical (unpaired) electrons. The van der Waals surface area contributed by atoms with Gasteiger partial charge in [0.1, 0.15) is 5.00 Å². The van der Waals surface area contributed by atoms with Crippen LogP contribution in [0.3, 0.4) is 0 Å². The topological polar surface area (TPSA) is 50.4 Å². The minimum atomic E-state index is -0.291. The molecule has 0 aromatic carbocycles. The molecular weight excluding hydrogens is 388 g/mol. The summed E-state index contributed by atoms with van der Waals surface area (Å²) < 4.78 is 5.02. The molecule has 4 bridgehead atoms. The summed E-state index contributed by atoms with van der Waals surface area (Å²) in [6.45, 7) is 6.42. The number of hydrogen-bond donors (Lipinski definition) is 2. The number of thiophene rings is 1. The predicted molar refractivity (Wildman–Crippen MR) is 119 cm³/mol. The molecule has 28 heavy (non-hydrogen) atoms. The zero-order valence-electron chi connectivity index (χ0n) is 17.4. The molecule has 4 nitrogen and oxygen atoms in total. The van der Waals surface area contributed by atoms with E-state index >= 15 is 0 Å². The van der Waals surface area contributed by atoms with Crippen LogP contribution in [0.15, 0.2) is 0 Å². The molecule has 4 aliphatic rings. The number of carbonyl (C=O) groups excluding carboxylic acids is 1. The van der Waals surface area contributed by atoms with Crippen LogP contribution in [0.1, 0.15) is 73.2 Å². The molecule has 0 amide bonds. The smallest absolute Gasteiger partial charge is 0.341 e. The lowest BCUT2D eigenvalue weighted by Gasteiger charge is -2.59. The molecule has 1 heterocycles. The fourth-order valence-electron chi connectivity index (χ4n) is 6.61. The van der Waals surface area contributed by atoms with Gasteiger partial charge in [-0.3, -0.25) is 0 Å². The van der Waals surface area contributed by atoms with E-state index in [0.29, 0.717) is 22.1 Å². The van der Waals surface area contributed by atoms with Gasteiger partial charge in [0.05, 0.1) is 12.7 Å². The molecule has 4 aliphatic carbocycles. The lowest BCUT2D eigenvalue weighted by atomic mass is 9.48. The summed E-state index contributed by atoms with van der Waals surface area (Å²) in [5.74, 6) is 2.49. The van der Waals surface area contributed by atoms with Crippen LogP contribution in [0.2, 0.25) is 0 Å². The average molecular weight is 421 g/mol. The second-order valence-electron chi connectivity index (χ2n) is 9.29. The summed E-state index contributed by atoms with van der Waals surface area (Å²) >= 11 is 7.26.